The lowest BCUT2D eigenvalue weighted by atomic mass is 10.1. The van der Waals surface area contributed by atoms with Crippen LogP contribution in [0.1, 0.15) is 15.9 Å². The van der Waals surface area contributed by atoms with E-state index in [0.29, 0.717) is 54.0 Å². The van der Waals surface area contributed by atoms with E-state index in [1.165, 1.54) is 10.6 Å². The molecule has 150 valence electrons. The number of nitrogens with zero attached hydrogens (tertiary/aromatic N) is 2. The third-order valence-corrected chi connectivity index (χ3v) is 6.45. The molecule has 1 heterocycles. The fourth-order valence-electron chi connectivity index (χ4n) is 3.02. The normalized spacial score (nSPS) is 16.1. The first-order valence-electron chi connectivity index (χ1n) is 8.75. The van der Waals surface area contributed by atoms with Gasteiger partial charge < -0.3 is 5.32 Å². The van der Waals surface area contributed by atoms with Crippen LogP contribution in [0.5, 0.6) is 0 Å². The Balaban J connectivity index is 1.57. The van der Waals surface area contributed by atoms with Gasteiger partial charge in [-0.15, -0.1) is 0 Å². The zero-order chi connectivity index (χ0) is 20.3. The SMILES string of the molecule is CS(=O)(=O)N1CCN(Cc2ccc(C(=O)Nc3ccc(Cl)cc3Cl)cc2)CC1. The van der Waals surface area contributed by atoms with Crippen molar-refractivity contribution in [3.63, 3.8) is 0 Å². The van der Waals surface area contributed by atoms with E-state index in [4.69, 9.17) is 23.2 Å². The van der Waals surface area contributed by atoms with E-state index in [0.717, 1.165) is 5.56 Å². The van der Waals surface area contributed by atoms with Gasteiger partial charge in [-0.1, -0.05) is 35.3 Å². The Hall–Kier alpha value is -1.64. The molecule has 2 aromatic carbocycles. The summed E-state index contributed by atoms with van der Waals surface area (Å²) >= 11 is 12.0. The third kappa shape index (κ3) is 5.46. The predicted molar refractivity (Wildman–Crippen MR) is 113 cm³/mol. The molecule has 0 bridgehead atoms. The standard InChI is InChI=1S/C19H21Cl2N3O3S/c1-28(26,27)24-10-8-23(9-11-24)13-14-2-4-15(5-3-14)19(25)22-18-7-6-16(20)12-17(18)21/h2-7,12H,8-11,13H2,1H3,(H,22,25). The van der Waals surface area contributed by atoms with Crippen molar-refractivity contribution in [1.82, 2.24) is 9.21 Å². The van der Waals surface area contributed by atoms with Gasteiger partial charge in [0.05, 0.1) is 17.0 Å². The number of hydrogen-bond donors (Lipinski definition) is 1. The first-order valence-corrected chi connectivity index (χ1v) is 11.4. The Morgan fingerprint density at radius 3 is 2.25 bits per heavy atom. The molecule has 1 aliphatic rings. The van der Waals surface area contributed by atoms with Crippen molar-refractivity contribution in [1.29, 1.82) is 0 Å². The van der Waals surface area contributed by atoms with Crippen LogP contribution in [-0.4, -0.2) is 56.0 Å². The second-order valence-electron chi connectivity index (χ2n) is 6.71. The minimum absolute atomic E-state index is 0.252. The van der Waals surface area contributed by atoms with E-state index < -0.39 is 10.0 Å². The molecule has 0 radical (unpaired) electrons. The number of sulfonamides is 1. The fourth-order valence-corrected chi connectivity index (χ4v) is 4.31. The Bertz CT molecular complexity index is 957. The van der Waals surface area contributed by atoms with Gasteiger partial charge in [-0.2, -0.15) is 4.31 Å². The minimum Gasteiger partial charge on any atom is -0.321 e. The van der Waals surface area contributed by atoms with Crippen molar-refractivity contribution >= 4 is 44.8 Å². The van der Waals surface area contributed by atoms with Gasteiger partial charge >= 0.3 is 0 Å². The van der Waals surface area contributed by atoms with Gasteiger partial charge in [-0.25, -0.2) is 8.42 Å². The van der Waals surface area contributed by atoms with Crippen molar-refractivity contribution < 1.29 is 13.2 Å². The highest BCUT2D eigenvalue weighted by molar-refractivity contribution is 7.88. The van der Waals surface area contributed by atoms with E-state index >= 15 is 0 Å². The largest absolute Gasteiger partial charge is 0.321 e. The first kappa shape index (κ1) is 21.1. The quantitative estimate of drug-likeness (QED) is 0.772. The van der Waals surface area contributed by atoms with Crippen LogP contribution in [0.2, 0.25) is 10.0 Å². The molecular formula is C19H21Cl2N3O3S. The summed E-state index contributed by atoms with van der Waals surface area (Å²) in [4.78, 5) is 14.6. The fraction of sp³-hybridized carbons (Fsp3) is 0.316. The van der Waals surface area contributed by atoms with Gasteiger partial charge in [0.25, 0.3) is 5.91 Å². The molecule has 6 nitrogen and oxygen atoms in total. The van der Waals surface area contributed by atoms with Crippen LogP contribution in [0, 0.1) is 0 Å². The predicted octanol–water partition coefficient (Wildman–Crippen LogP) is 3.32. The smallest absolute Gasteiger partial charge is 0.255 e. The number of anilines is 1. The summed E-state index contributed by atoms with van der Waals surface area (Å²) in [6.45, 7) is 3.08. The van der Waals surface area contributed by atoms with Crippen molar-refractivity contribution in [2.75, 3.05) is 37.8 Å². The summed E-state index contributed by atoms with van der Waals surface area (Å²) in [5.74, 6) is -0.252. The van der Waals surface area contributed by atoms with Gasteiger partial charge in [-0.05, 0) is 35.9 Å². The average Bonchev–Trinajstić information content (AvgIpc) is 2.64. The van der Waals surface area contributed by atoms with Crippen LogP contribution in [0.3, 0.4) is 0 Å². The lowest BCUT2D eigenvalue weighted by molar-refractivity contribution is 0.102. The Labute approximate surface area is 175 Å². The summed E-state index contributed by atoms with van der Waals surface area (Å²) in [5.41, 5.74) is 2.09. The van der Waals surface area contributed by atoms with E-state index in [1.54, 1.807) is 30.3 Å². The molecule has 1 N–H and O–H groups in total. The van der Waals surface area contributed by atoms with E-state index in [2.05, 4.69) is 10.2 Å². The molecule has 2 aromatic rings. The van der Waals surface area contributed by atoms with Gasteiger partial charge in [-0.3, -0.25) is 9.69 Å². The van der Waals surface area contributed by atoms with Crippen LogP contribution >= 0.6 is 23.2 Å². The number of carbonyl (C=O) groups excluding carboxylic acids is 1. The summed E-state index contributed by atoms with van der Waals surface area (Å²) in [7, 11) is -3.12. The summed E-state index contributed by atoms with van der Waals surface area (Å²) in [5, 5.41) is 3.66. The van der Waals surface area contributed by atoms with Crippen molar-refractivity contribution in [3.05, 3.63) is 63.6 Å². The summed E-state index contributed by atoms with van der Waals surface area (Å²) in [6.07, 6.45) is 1.24. The molecular weight excluding hydrogens is 421 g/mol. The van der Waals surface area contributed by atoms with Crippen molar-refractivity contribution in [3.8, 4) is 0 Å². The molecule has 0 spiro atoms. The highest BCUT2D eigenvalue weighted by atomic mass is 35.5. The van der Waals surface area contributed by atoms with Crippen molar-refractivity contribution in [2.24, 2.45) is 0 Å². The minimum atomic E-state index is -3.12. The maximum atomic E-state index is 12.4. The van der Waals surface area contributed by atoms with Crippen LogP contribution < -0.4 is 5.32 Å². The molecule has 0 aliphatic carbocycles. The van der Waals surface area contributed by atoms with E-state index in [9.17, 15) is 13.2 Å². The van der Waals surface area contributed by atoms with Crippen LogP contribution in [0.25, 0.3) is 0 Å². The van der Waals surface area contributed by atoms with E-state index in [1.807, 2.05) is 12.1 Å². The Kier molecular flexibility index (Phi) is 6.62. The summed E-state index contributed by atoms with van der Waals surface area (Å²) < 4.78 is 24.7. The highest BCUT2D eigenvalue weighted by Crippen LogP contribution is 2.25. The van der Waals surface area contributed by atoms with Crippen molar-refractivity contribution in [2.45, 2.75) is 6.54 Å². The topological polar surface area (TPSA) is 69.7 Å². The molecule has 0 saturated carbocycles. The second-order valence-corrected chi connectivity index (χ2v) is 9.54. The molecule has 1 saturated heterocycles. The molecule has 0 aromatic heterocycles. The first-order chi connectivity index (χ1) is 13.2. The van der Waals surface area contributed by atoms with Gasteiger partial charge in [0.2, 0.25) is 10.0 Å². The highest BCUT2D eigenvalue weighted by Gasteiger charge is 2.23. The Morgan fingerprint density at radius 1 is 1.04 bits per heavy atom. The number of benzene rings is 2. The molecule has 0 atom stereocenters. The Morgan fingerprint density at radius 2 is 1.68 bits per heavy atom. The lowest BCUT2D eigenvalue weighted by Crippen LogP contribution is -2.47. The molecule has 1 fully saturated rings. The molecule has 1 aliphatic heterocycles. The van der Waals surface area contributed by atoms with Gasteiger partial charge in [0.1, 0.15) is 0 Å². The third-order valence-electron chi connectivity index (χ3n) is 4.60. The number of rotatable bonds is 5. The number of halogens is 2. The van der Waals surface area contributed by atoms with Crippen LogP contribution in [0.15, 0.2) is 42.5 Å². The van der Waals surface area contributed by atoms with Gasteiger partial charge in [0.15, 0.2) is 0 Å². The lowest BCUT2D eigenvalue weighted by Gasteiger charge is -2.33. The van der Waals surface area contributed by atoms with Crippen LogP contribution in [0.4, 0.5) is 5.69 Å². The van der Waals surface area contributed by atoms with Gasteiger partial charge in [0, 0.05) is 43.3 Å². The number of nitrogens with one attached hydrogen (secondary N) is 1. The molecule has 0 unspecified atom stereocenters. The number of carbonyl (C=O) groups is 1. The zero-order valence-corrected chi connectivity index (χ0v) is 17.7. The molecule has 3 rings (SSSR count). The maximum absolute atomic E-state index is 12.4. The molecule has 28 heavy (non-hydrogen) atoms. The van der Waals surface area contributed by atoms with E-state index in [-0.39, 0.29) is 5.91 Å². The summed E-state index contributed by atoms with van der Waals surface area (Å²) in [6, 6.07) is 12.2. The number of amides is 1. The number of hydrogen-bond acceptors (Lipinski definition) is 4. The molecule has 1 amide bonds. The second kappa shape index (κ2) is 8.80. The monoisotopic (exact) mass is 441 g/mol. The zero-order valence-electron chi connectivity index (χ0n) is 15.4. The maximum Gasteiger partial charge on any atom is 0.255 e. The molecule has 9 heteroatoms. The van der Waals surface area contributed by atoms with Crippen LogP contribution in [-0.2, 0) is 16.6 Å². The number of piperazine rings is 1. The average molecular weight is 442 g/mol.